The van der Waals surface area contributed by atoms with E-state index in [-0.39, 0.29) is 0 Å². The maximum absolute atomic E-state index is 5.53. The summed E-state index contributed by atoms with van der Waals surface area (Å²) >= 11 is 3.32. The third-order valence-corrected chi connectivity index (χ3v) is 2.43. The summed E-state index contributed by atoms with van der Waals surface area (Å²) in [6.07, 6.45) is 2.52. The van der Waals surface area contributed by atoms with Crippen molar-refractivity contribution in [2.75, 3.05) is 6.54 Å². The van der Waals surface area contributed by atoms with E-state index in [4.69, 9.17) is 5.73 Å². The highest BCUT2D eigenvalue weighted by atomic mass is 79.9. The van der Waals surface area contributed by atoms with E-state index in [1.165, 1.54) is 0 Å². The van der Waals surface area contributed by atoms with Crippen LogP contribution in [-0.4, -0.2) is 21.5 Å². The first-order chi connectivity index (χ1) is 7.31. The zero-order chi connectivity index (χ0) is 10.7. The number of nitrogens with zero attached hydrogens (tertiary/aromatic N) is 2. The first-order valence-corrected chi connectivity index (χ1v) is 5.46. The predicted molar refractivity (Wildman–Crippen MR) is 62.3 cm³/mol. The van der Waals surface area contributed by atoms with E-state index < -0.39 is 0 Å². The van der Waals surface area contributed by atoms with Crippen molar-refractivity contribution in [1.82, 2.24) is 15.0 Å². The second-order valence-corrected chi connectivity index (χ2v) is 3.86. The molecule has 0 aliphatic rings. The molecule has 0 saturated carbocycles. The number of aromatic amines is 1. The maximum Gasteiger partial charge on any atom is 0.175 e. The topological polar surface area (TPSA) is 67.6 Å². The molecule has 0 atom stereocenters. The Hall–Kier alpha value is -1.20. The van der Waals surface area contributed by atoms with E-state index in [9.17, 15) is 0 Å². The minimum absolute atomic E-state index is 0.592. The molecule has 2 heterocycles. The van der Waals surface area contributed by atoms with E-state index in [1.54, 1.807) is 6.20 Å². The molecular formula is C10H11BrN4. The smallest absolute Gasteiger partial charge is 0.175 e. The lowest BCUT2D eigenvalue weighted by molar-refractivity contribution is 0.933. The molecule has 0 unspecified atom stereocenters. The number of pyridine rings is 1. The maximum atomic E-state index is 5.53. The summed E-state index contributed by atoms with van der Waals surface area (Å²) in [4.78, 5) is 11.7. The van der Waals surface area contributed by atoms with Gasteiger partial charge in [0.1, 0.15) is 5.69 Å². The van der Waals surface area contributed by atoms with Gasteiger partial charge in [-0.2, -0.15) is 0 Å². The van der Waals surface area contributed by atoms with Crippen LogP contribution in [0.15, 0.2) is 29.1 Å². The Labute approximate surface area is 96.1 Å². The average molecular weight is 267 g/mol. The third-order valence-electron chi connectivity index (χ3n) is 2.05. The molecule has 0 aliphatic carbocycles. The van der Waals surface area contributed by atoms with Gasteiger partial charge in [-0.25, -0.2) is 4.98 Å². The summed E-state index contributed by atoms with van der Waals surface area (Å²) in [5.41, 5.74) is 8.28. The standard InChI is InChI=1S/C10H11BrN4/c11-10-14-8(4-5-12)9(15-10)7-3-1-2-6-13-7/h1-3,6H,4-5,12H2,(H,14,15). The zero-order valence-corrected chi connectivity index (χ0v) is 9.66. The van der Waals surface area contributed by atoms with Gasteiger partial charge < -0.3 is 10.7 Å². The van der Waals surface area contributed by atoms with Gasteiger partial charge in [0.15, 0.2) is 4.73 Å². The number of hydrogen-bond acceptors (Lipinski definition) is 3. The molecule has 78 valence electrons. The van der Waals surface area contributed by atoms with Gasteiger partial charge in [-0.15, -0.1) is 0 Å². The summed E-state index contributed by atoms with van der Waals surface area (Å²) in [7, 11) is 0. The predicted octanol–water partition coefficient (Wildman–Crippen LogP) is 1.74. The number of nitrogens with two attached hydrogens (primary N) is 1. The lowest BCUT2D eigenvalue weighted by atomic mass is 10.2. The second kappa shape index (κ2) is 4.55. The molecular weight excluding hydrogens is 256 g/mol. The summed E-state index contributed by atoms with van der Waals surface area (Å²) in [5.74, 6) is 0. The highest BCUT2D eigenvalue weighted by Gasteiger charge is 2.10. The molecule has 2 rings (SSSR count). The highest BCUT2D eigenvalue weighted by molar-refractivity contribution is 9.10. The number of imidazole rings is 1. The molecule has 0 spiro atoms. The van der Waals surface area contributed by atoms with Crippen LogP contribution in [0.4, 0.5) is 0 Å². The third kappa shape index (κ3) is 2.24. The van der Waals surface area contributed by atoms with Gasteiger partial charge in [-0.3, -0.25) is 4.98 Å². The number of hydrogen-bond donors (Lipinski definition) is 2. The molecule has 0 bridgehead atoms. The molecule has 0 aliphatic heterocycles. The van der Waals surface area contributed by atoms with E-state index in [0.717, 1.165) is 23.5 Å². The van der Waals surface area contributed by atoms with Crippen LogP contribution in [0.5, 0.6) is 0 Å². The zero-order valence-electron chi connectivity index (χ0n) is 8.07. The van der Waals surface area contributed by atoms with Crippen molar-refractivity contribution in [2.45, 2.75) is 6.42 Å². The highest BCUT2D eigenvalue weighted by Crippen LogP contribution is 2.21. The van der Waals surface area contributed by atoms with Gasteiger partial charge in [-0.1, -0.05) is 6.07 Å². The average Bonchev–Trinajstić information content (AvgIpc) is 2.62. The van der Waals surface area contributed by atoms with Crippen LogP contribution < -0.4 is 5.73 Å². The largest absolute Gasteiger partial charge is 0.336 e. The van der Waals surface area contributed by atoms with Gasteiger partial charge >= 0.3 is 0 Å². The first-order valence-electron chi connectivity index (χ1n) is 4.67. The van der Waals surface area contributed by atoms with Crippen LogP contribution >= 0.6 is 15.9 Å². The van der Waals surface area contributed by atoms with E-state index in [2.05, 4.69) is 30.9 Å². The Bertz CT molecular complexity index is 438. The molecule has 2 aromatic rings. The van der Waals surface area contributed by atoms with Gasteiger partial charge in [0.2, 0.25) is 0 Å². The Morgan fingerprint density at radius 2 is 2.27 bits per heavy atom. The lowest BCUT2D eigenvalue weighted by Gasteiger charge is -1.99. The van der Waals surface area contributed by atoms with E-state index in [0.29, 0.717) is 11.3 Å². The SMILES string of the molecule is NCCc1[nH]c(Br)nc1-c1ccccn1. The normalized spacial score (nSPS) is 10.5. The Balaban J connectivity index is 2.43. The fourth-order valence-electron chi connectivity index (χ4n) is 1.42. The Kier molecular flexibility index (Phi) is 3.13. The number of nitrogens with one attached hydrogen (secondary N) is 1. The summed E-state index contributed by atoms with van der Waals surface area (Å²) < 4.78 is 0.714. The van der Waals surface area contributed by atoms with Gasteiger partial charge in [0.05, 0.1) is 5.69 Å². The molecule has 0 amide bonds. The number of rotatable bonds is 3. The van der Waals surface area contributed by atoms with Crippen LogP contribution in [0.25, 0.3) is 11.4 Å². The van der Waals surface area contributed by atoms with Gasteiger partial charge in [-0.05, 0) is 34.6 Å². The number of H-pyrrole nitrogens is 1. The van der Waals surface area contributed by atoms with Crippen molar-refractivity contribution in [1.29, 1.82) is 0 Å². The molecule has 0 saturated heterocycles. The van der Waals surface area contributed by atoms with E-state index in [1.807, 2.05) is 18.2 Å². The van der Waals surface area contributed by atoms with Crippen molar-refractivity contribution in [2.24, 2.45) is 5.73 Å². The lowest BCUT2D eigenvalue weighted by Crippen LogP contribution is -2.04. The first kappa shape index (κ1) is 10.3. The van der Waals surface area contributed by atoms with Gasteiger partial charge in [0, 0.05) is 18.3 Å². The van der Waals surface area contributed by atoms with Crippen LogP contribution in [0.2, 0.25) is 0 Å². The molecule has 4 nitrogen and oxygen atoms in total. The van der Waals surface area contributed by atoms with Gasteiger partial charge in [0.25, 0.3) is 0 Å². The number of aromatic nitrogens is 3. The molecule has 5 heteroatoms. The van der Waals surface area contributed by atoms with Crippen LogP contribution in [0, 0.1) is 0 Å². The Morgan fingerprint density at radius 1 is 1.40 bits per heavy atom. The molecule has 3 N–H and O–H groups in total. The fourth-order valence-corrected chi connectivity index (χ4v) is 1.83. The molecule has 15 heavy (non-hydrogen) atoms. The van der Waals surface area contributed by atoms with Crippen molar-refractivity contribution in [3.05, 3.63) is 34.8 Å². The second-order valence-electron chi connectivity index (χ2n) is 3.11. The monoisotopic (exact) mass is 266 g/mol. The Morgan fingerprint density at radius 3 is 2.93 bits per heavy atom. The summed E-state index contributed by atoms with van der Waals surface area (Å²) in [6.45, 7) is 0.592. The van der Waals surface area contributed by atoms with E-state index >= 15 is 0 Å². The molecule has 0 aromatic carbocycles. The van der Waals surface area contributed by atoms with Crippen LogP contribution in [0.1, 0.15) is 5.69 Å². The summed E-state index contributed by atoms with van der Waals surface area (Å²) in [5, 5.41) is 0. The van der Waals surface area contributed by atoms with Crippen molar-refractivity contribution >= 4 is 15.9 Å². The molecule has 0 fully saturated rings. The van der Waals surface area contributed by atoms with Crippen molar-refractivity contribution < 1.29 is 0 Å². The number of halogens is 1. The summed E-state index contributed by atoms with van der Waals surface area (Å²) in [6, 6.07) is 5.76. The van der Waals surface area contributed by atoms with Crippen molar-refractivity contribution in [3.63, 3.8) is 0 Å². The minimum atomic E-state index is 0.592. The molecule has 0 radical (unpaired) electrons. The van der Waals surface area contributed by atoms with Crippen molar-refractivity contribution in [3.8, 4) is 11.4 Å². The molecule has 2 aromatic heterocycles. The quantitative estimate of drug-likeness (QED) is 0.890. The fraction of sp³-hybridized carbons (Fsp3) is 0.200. The minimum Gasteiger partial charge on any atom is -0.336 e. The van der Waals surface area contributed by atoms with Crippen LogP contribution in [0.3, 0.4) is 0 Å². The van der Waals surface area contributed by atoms with Crippen LogP contribution in [-0.2, 0) is 6.42 Å².